The number of nitriles is 1. The third-order valence-corrected chi connectivity index (χ3v) is 5.05. The van der Waals surface area contributed by atoms with Gasteiger partial charge >= 0.3 is 5.97 Å². The third-order valence-electron chi connectivity index (χ3n) is 4.20. The highest BCUT2D eigenvalue weighted by molar-refractivity contribution is 6.36. The quantitative estimate of drug-likeness (QED) is 0.319. The minimum atomic E-state index is -0.981. The molecule has 4 nitrogen and oxygen atoms in total. The van der Waals surface area contributed by atoms with Crippen molar-refractivity contribution in [2.45, 2.75) is 6.61 Å². The summed E-state index contributed by atoms with van der Waals surface area (Å²) in [6.45, 7) is 0.235. The lowest BCUT2D eigenvalue weighted by atomic mass is 10.0. The summed E-state index contributed by atoms with van der Waals surface area (Å²) in [5, 5.41) is 19.7. The van der Waals surface area contributed by atoms with Crippen LogP contribution >= 0.6 is 34.8 Å². The van der Waals surface area contributed by atoms with Gasteiger partial charge in [0.05, 0.1) is 27.3 Å². The van der Waals surface area contributed by atoms with Crippen LogP contribution in [0.5, 0.6) is 5.75 Å². The van der Waals surface area contributed by atoms with E-state index in [-0.39, 0.29) is 12.2 Å². The van der Waals surface area contributed by atoms with Crippen LogP contribution in [0.15, 0.2) is 60.7 Å². The summed E-state index contributed by atoms with van der Waals surface area (Å²) in [6, 6.07) is 18.6. The first-order valence-corrected chi connectivity index (χ1v) is 9.82. The van der Waals surface area contributed by atoms with Crippen molar-refractivity contribution in [2.75, 3.05) is 0 Å². The lowest BCUT2D eigenvalue weighted by molar-refractivity contribution is 0.0697. The molecule has 0 saturated heterocycles. The van der Waals surface area contributed by atoms with Crippen molar-refractivity contribution >= 4 is 52.4 Å². The molecule has 0 aliphatic rings. The van der Waals surface area contributed by atoms with E-state index < -0.39 is 5.97 Å². The summed E-state index contributed by atoms with van der Waals surface area (Å²) in [5.41, 5.74) is 2.68. The molecule has 0 amide bonds. The fraction of sp³-hybridized carbons (Fsp3) is 0.0435. The van der Waals surface area contributed by atoms with Crippen molar-refractivity contribution < 1.29 is 14.6 Å². The van der Waals surface area contributed by atoms with Crippen molar-refractivity contribution in [2.24, 2.45) is 0 Å². The number of rotatable bonds is 6. The van der Waals surface area contributed by atoms with Gasteiger partial charge in [-0.1, -0.05) is 59.1 Å². The number of carboxylic acids is 1. The molecule has 3 rings (SSSR count). The maximum Gasteiger partial charge on any atom is 0.335 e. The Bertz CT molecular complexity index is 1170. The zero-order valence-electron chi connectivity index (χ0n) is 15.4. The van der Waals surface area contributed by atoms with Crippen LogP contribution in [-0.2, 0) is 6.61 Å². The van der Waals surface area contributed by atoms with Crippen molar-refractivity contribution in [1.82, 2.24) is 0 Å². The lowest BCUT2D eigenvalue weighted by Crippen LogP contribution is -1.99. The number of halogens is 3. The molecule has 7 heteroatoms. The first-order chi connectivity index (χ1) is 14.4. The van der Waals surface area contributed by atoms with Gasteiger partial charge in [0.25, 0.3) is 0 Å². The zero-order chi connectivity index (χ0) is 21.7. The van der Waals surface area contributed by atoms with Crippen LogP contribution in [-0.4, -0.2) is 11.1 Å². The van der Waals surface area contributed by atoms with Gasteiger partial charge in [-0.2, -0.15) is 5.26 Å². The van der Waals surface area contributed by atoms with E-state index >= 15 is 0 Å². The van der Waals surface area contributed by atoms with E-state index in [2.05, 4.69) is 6.07 Å². The molecule has 0 fully saturated rings. The van der Waals surface area contributed by atoms with Gasteiger partial charge in [0.15, 0.2) is 0 Å². The second-order valence-corrected chi connectivity index (χ2v) is 7.53. The molecule has 3 aromatic rings. The molecular weight excluding hydrogens is 445 g/mol. The second kappa shape index (κ2) is 9.69. The topological polar surface area (TPSA) is 70.3 Å². The molecule has 0 unspecified atom stereocenters. The van der Waals surface area contributed by atoms with E-state index in [4.69, 9.17) is 44.6 Å². The van der Waals surface area contributed by atoms with Crippen molar-refractivity contribution in [3.63, 3.8) is 0 Å². The molecule has 0 bridgehead atoms. The largest absolute Gasteiger partial charge is 0.487 e. The number of ether oxygens (including phenoxy) is 1. The first kappa shape index (κ1) is 21.7. The number of carboxylic acid groups (broad SMARTS) is 1. The van der Waals surface area contributed by atoms with Crippen molar-refractivity contribution in [3.05, 3.63) is 98.0 Å². The summed E-state index contributed by atoms with van der Waals surface area (Å²) < 4.78 is 5.73. The number of nitrogens with zero attached hydrogens (tertiary/aromatic N) is 1. The minimum Gasteiger partial charge on any atom is -0.487 e. The van der Waals surface area contributed by atoms with E-state index in [9.17, 15) is 10.1 Å². The number of hydrogen-bond acceptors (Lipinski definition) is 3. The highest BCUT2D eigenvalue weighted by Gasteiger charge is 2.09. The molecule has 0 radical (unpaired) electrons. The van der Waals surface area contributed by atoms with Gasteiger partial charge in [0, 0.05) is 10.6 Å². The van der Waals surface area contributed by atoms with Crippen LogP contribution < -0.4 is 4.74 Å². The van der Waals surface area contributed by atoms with E-state index in [1.165, 1.54) is 12.1 Å². The molecule has 1 N–H and O–H groups in total. The average Bonchev–Trinajstić information content (AvgIpc) is 2.72. The fourth-order valence-corrected chi connectivity index (χ4v) is 3.43. The first-order valence-electron chi connectivity index (χ1n) is 8.69. The van der Waals surface area contributed by atoms with Crippen LogP contribution in [0.3, 0.4) is 0 Å². The summed E-state index contributed by atoms with van der Waals surface area (Å²) in [4.78, 5) is 10.9. The van der Waals surface area contributed by atoms with Gasteiger partial charge in [-0.05, 0) is 53.6 Å². The second-order valence-electron chi connectivity index (χ2n) is 6.27. The molecule has 0 spiro atoms. The summed E-state index contributed by atoms with van der Waals surface area (Å²) in [6.07, 6.45) is 1.68. The summed E-state index contributed by atoms with van der Waals surface area (Å²) >= 11 is 18.4. The monoisotopic (exact) mass is 457 g/mol. The normalized spacial score (nSPS) is 11.1. The molecule has 3 aromatic carbocycles. The molecule has 150 valence electrons. The number of hydrogen-bond donors (Lipinski definition) is 1. The van der Waals surface area contributed by atoms with E-state index in [0.29, 0.717) is 37.5 Å². The molecule has 0 atom stereocenters. The maximum atomic E-state index is 10.9. The van der Waals surface area contributed by atoms with Gasteiger partial charge in [-0.25, -0.2) is 4.79 Å². The fourth-order valence-electron chi connectivity index (χ4n) is 2.67. The molecular formula is C23H14Cl3NO3. The Kier molecular flexibility index (Phi) is 7.02. The van der Waals surface area contributed by atoms with Gasteiger partial charge in [-0.15, -0.1) is 0 Å². The van der Waals surface area contributed by atoms with E-state index in [1.807, 2.05) is 0 Å². The number of carbonyl (C=O) groups is 1. The average molecular weight is 459 g/mol. The summed E-state index contributed by atoms with van der Waals surface area (Å²) in [7, 11) is 0. The molecule has 0 heterocycles. The number of allylic oxidation sites excluding steroid dienone is 1. The maximum absolute atomic E-state index is 10.9. The smallest absolute Gasteiger partial charge is 0.335 e. The van der Waals surface area contributed by atoms with Gasteiger partial charge in [-0.3, -0.25) is 0 Å². The number of aromatic carboxylic acids is 1. The molecule has 0 aliphatic carbocycles. The van der Waals surface area contributed by atoms with Crippen LogP contribution in [0.4, 0.5) is 0 Å². The molecule has 30 heavy (non-hydrogen) atoms. The molecule has 0 saturated carbocycles. The Balaban J connectivity index is 1.76. The van der Waals surface area contributed by atoms with Gasteiger partial charge in [0.2, 0.25) is 0 Å². The minimum absolute atomic E-state index is 0.210. The van der Waals surface area contributed by atoms with E-state index in [1.54, 1.807) is 54.6 Å². The zero-order valence-corrected chi connectivity index (χ0v) is 17.7. The van der Waals surface area contributed by atoms with Crippen LogP contribution in [0.25, 0.3) is 11.6 Å². The predicted molar refractivity (Wildman–Crippen MR) is 119 cm³/mol. The third kappa shape index (κ3) is 5.34. The van der Waals surface area contributed by atoms with Gasteiger partial charge < -0.3 is 9.84 Å². The van der Waals surface area contributed by atoms with Crippen LogP contribution in [0, 0.1) is 11.3 Å². The van der Waals surface area contributed by atoms with Crippen molar-refractivity contribution in [1.29, 1.82) is 5.26 Å². The van der Waals surface area contributed by atoms with E-state index in [0.717, 1.165) is 5.56 Å². The highest BCUT2D eigenvalue weighted by atomic mass is 35.5. The van der Waals surface area contributed by atoms with Crippen LogP contribution in [0.1, 0.15) is 27.0 Å². The summed E-state index contributed by atoms with van der Waals surface area (Å²) in [5.74, 6) is -0.509. The highest BCUT2D eigenvalue weighted by Crippen LogP contribution is 2.31. The predicted octanol–water partition coefficient (Wildman–Crippen LogP) is 6.99. The van der Waals surface area contributed by atoms with Crippen molar-refractivity contribution in [3.8, 4) is 11.8 Å². The molecule has 0 aliphatic heterocycles. The SMILES string of the molecule is N#C/C(=C\c1ccc(OCc2ccc(C(=O)O)cc2)c(Cl)c1)c1ccc(Cl)cc1Cl. The van der Waals surface area contributed by atoms with Crippen LogP contribution in [0.2, 0.25) is 15.1 Å². The Morgan fingerprint density at radius 3 is 2.33 bits per heavy atom. The molecule has 0 aromatic heterocycles. The Hall–Kier alpha value is -2.97. The van der Waals surface area contributed by atoms with Gasteiger partial charge in [0.1, 0.15) is 12.4 Å². The Labute approximate surface area is 188 Å². The Morgan fingerprint density at radius 1 is 1.00 bits per heavy atom. The Morgan fingerprint density at radius 2 is 1.73 bits per heavy atom. The standard InChI is InChI=1S/C23H14Cl3NO3/c24-18-6-7-19(20(25)11-18)17(12-27)9-15-3-8-22(21(26)10-15)30-13-14-1-4-16(5-2-14)23(28)29/h1-11H,13H2,(H,28,29)/b17-9+. The number of benzene rings is 3. The lowest BCUT2D eigenvalue weighted by Gasteiger charge is -2.09.